The van der Waals surface area contributed by atoms with E-state index < -0.39 is 0 Å². The van der Waals surface area contributed by atoms with Gasteiger partial charge in [0.2, 0.25) is 0 Å². The number of pyridine rings is 2. The molecule has 1 atom stereocenters. The number of carbonyl (C=O) groups excluding carboxylic acids is 1. The van der Waals surface area contributed by atoms with Crippen LogP contribution in [0.1, 0.15) is 65.1 Å². The summed E-state index contributed by atoms with van der Waals surface area (Å²) in [6.07, 6.45) is 4.79. The van der Waals surface area contributed by atoms with Crippen LogP contribution in [-0.2, 0) is 12.8 Å². The van der Waals surface area contributed by atoms with E-state index in [4.69, 9.17) is 16.3 Å². The van der Waals surface area contributed by atoms with Crippen molar-refractivity contribution in [3.63, 3.8) is 0 Å². The standard InChI is InChI=1S/C30H34ClN5O2/c1-6-35(5)10-8-21-13-24(25-12-19(3)17-34-29(25)31)23-9-11-36(30(37)26(23)14-21)20(4)27-15-28(38-7-2)22(16-32)18-33-27/h12-15,17-18,20H,6-11H2,1-5H3. The van der Waals surface area contributed by atoms with Crippen LogP contribution < -0.4 is 4.74 Å². The summed E-state index contributed by atoms with van der Waals surface area (Å²) in [7, 11) is 2.09. The van der Waals surface area contributed by atoms with Crippen molar-refractivity contribution in [3.8, 4) is 22.9 Å². The van der Waals surface area contributed by atoms with Crippen LogP contribution in [0.4, 0.5) is 0 Å². The van der Waals surface area contributed by atoms with Gasteiger partial charge >= 0.3 is 0 Å². The quantitative estimate of drug-likeness (QED) is 0.333. The number of benzene rings is 1. The molecule has 0 saturated carbocycles. The van der Waals surface area contributed by atoms with Gasteiger partial charge in [0.05, 0.1) is 18.3 Å². The van der Waals surface area contributed by atoms with Crippen molar-refractivity contribution in [2.75, 3.05) is 33.3 Å². The average Bonchev–Trinajstić information content (AvgIpc) is 2.92. The van der Waals surface area contributed by atoms with Gasteiger partial charge in [0, 0.05) is 42.7 Å². The van der Waals surface area contributed by atoms with E-state index in [1.54, 1.807) is 12.3 Å². The molecular weight excluding hydrogens is 498 g/mol. The monoisotopic (exact) mass is 531 g/mol. The highest BCUT2D eigenvalue weighted by Gasteiger charge is 2.32. The van der Waals surface area contributed by atoms with Gasteiger partial charge in [-0.2, -0.15) is 5.26 Å². The number of fused-ring (bicyclic) bond motifs is 1. The molecule has 7 nitrogen and oxygen atoms in total. The lowest BCUT2D eigenvalue weighted by Crippen LogP contribution is -2.40. The second-order valence-electron chi connectivity index (χ2n) is 9.74. The summed E-state index contributed by atoms with van der Waals surface area (Å²) in [4.78, 5) is 27.0. The molecule has 3 heterocycles. The average molecular weight is 532 g/mol. The first-order chi connectivity index (χ1) is 18.3. The van der Waals surface area contributed by atoms with Crippen LogP contribution in [0.5, 0.6) is 5.75 Å². The molecule has 1 amide bonds. The number of rotatable bonds is 9. The number of nitriles is 1. The van der Waals surface area contributed by atoms with E-state index in [1.807, 2.05) is 37.8 Å². The molecule has 0 saturated heterocycles. The molecule has 8 heteroatoms. The molecule has 3 aromatic rings. The smallest absolute Gasteiger partial charge is 0.254 e. The molecular formula is C30H34ClN5O2. The number of ether oxygens (including phenoxy) is 1. The van der Waals surface area contributed by atoms with Crippen molar-refractivity contribution < 1.29 is 9.53 Å². The molecule has 0 spiro atoms. The summed E-state index contributed by atoms with van der Waals surface area (Å²) >= 11 is 6.58. The number of likely N-dealkylation sites (N-methyl/N-ethyl adjacent to an activating group) is 1. The van der Waals surface area contributed by atoms with Gasteiger partial charge in [0.25, 0.3) is 5.91 Å². The highest BCUT2D eigenvalue weighted by Crippen LogP contribution is 2.37. The SMILES string of the molecule is CCOc1cc(C(C)N2CCc3c(cc(CCN(C)CC)cc3-c3cc(C)cnc3Cl)C2=O)ncc1C#N. The van der Waals surface area contributed by atoms with Crippen molar-refractivity contribution in [1.29, 1.82) is 5.26 Å². The van der Waals surface area contributed by atoms with E-state index in [2.05, 4.69) is 41.0 Å². The summed E-state index contributed by atoms with van der Waals surface area (Å²) in [5, 5.41) is 9.84. The maximum absolute atomic E-state index is 14.0. The van der Waals surface area contributed by atoms with E-state index in [0.29, 0.717) is 47.3 Å². The Morgan fingerprint density at radius 2 is 1.92 bits per heavy atom. The molecule has 0 bridgehead atoms. The first-order valence-corrected chi connectivity index (χ1v) is 13.5. The Balaban J connectivity index is 1.75. The van der Waals surface area contributed by atoms with E-state index in [1.165, 1.54) is 6.20 Å². The Kier molecular flexibility index (Phi) is 8.65. The Bertz CT molecular complexity index is 1380. The topological polar surface area (TPSA) is 82.3 Å². The van der Waals surface area contributed by atoms with Crippen LogP contribution in [0, 0.1) is 18.3 Å². The summed E-state index contributed by atoms with van der Waals surface area (Å²) in [5.41, 5.74) is 6.73. The van der Waals surface area contributed by atoms with Crippen LogP contribution in [-0.4, -0.2) is 59.0 Å². The van der Waals surface area contributed by atoms with Crippen molar-refractivity contribution in [1.82, 2.24) is 19.8 Å². The molecule has 198 valence electrons. The molecule has 2 aromatic heterocycles. The Morgan fingerprint density at radius 1 is 1.16 bits per heavy atom. The van der Waals surface area contributed by atoms with E-state index in [-0.39, 0.29) is 11.9 Å². The zero-order valence-electron chi connectivity index (χ0n) is 22.7. The van der Waals surface area contributed by atoms with Crippen molar-refractivity contribution in [2.45, 2.75) is 46.6 Å². The van der Waals surface area contributed by atoms with Gasteiger partial charge in [0.15, 0.2) is 0 Å². The lowest BCUT2D eigenvalue weighted by molar-refractivity contribution is 0.0669. The first kappa shape index (κ1) is 27.6. The van der Waals surface area contributed by atoms with Gasteiger partial charge in [-0.25, -0.2) is 4.98 Å². The summed E-state index contributed by atoms with van der Waals surface area (Å²) in [6.45, 7) is 10.8. The van der Waals surface area contributed by atoms with E-state index in [9.17, 15) is 10.1 Å². The third-order valence-electron chi connectivity index (χ3n) is 7.19. The summed E-state index contributed by atoms with van der Waals surface area (Å²) in [5.74, 6) is 0.453. The second-order valence-corrected chi connectivity index (χ2v) is 10.1. The van der Waals surface area contributed by atoms with Crippen LogP contribution >= 0.6 is 11.6 Å². The molecule has 4 rings (SSSR count). The molecule has 0 aliphatic carbocycles. The lowest BCUT2D eigenvalue weighted by atomic mass is 9.87. The number of carbonyl (C=O) groups is 1. The molecule has 1 aromatic carbocycles. The van der Waals surface area contributed by atoms with Crippen LogP contribution in [0.15, 0.2) is 36.7 Å². The number of aromatic nitrogens is 2. The zero-order chi connectivity index (χ0) is 27.4. The van der Waals surface area contributed by atoms with Crippen molar-refractivity contribution in [3.05, 3.63) is 75.3 Å². The van der Waals surface area contributed by atoms with Gasteiger partial charge in [-0.05, 0) is 81.6 Å². The number of aryl methyl sites for hydroxylation is 1. The maximum Gasteiger partial charge on any atom is 0.254 e. The number of hydrogen-bond donors (Lipinski definition) is 0. The summed E-state index contributed by atoms with van der Waals surface area (Å²) in [6, 6.07) is 9.87. The van der Waals surface area contributed by atoms with E-state index >= 15 is 0 Å². The van der Waals surface area contributed by atoms with Crippen molar-refractivity contribution >= 4 is 17.5 Å². The fraction of sp³-hybridized carbons (Fsp3) is 0.400. The van der Waals surface area contributed by atoms with Gasteiger partial charge in [-0.15, -0.1) is 0 Å². The molecule has 0 radical (unpaired) electrons. The van der Waals surface area contributed by atoms with Crippen LogP contribution in [0.25, 0.3) is 11.1 Å². The minimum absolute atomic E-state index is 0.0356. The third-order valence-corrected chi connectivity index (χ3v) is 7.50. The predicted molar refractivity (Wildman–Crippen MR) is 150 cm³/mol. The van der Waals surface area contributed by atoms with Gasteiger partial charge in [-0.3, -0.25) is 9.78 Å². The Morgan fingerprint density at radius 3 is 2.63 bits per heavy atom. The summed E-state index contributed by atoms with van der Waals surface area (Å²) < 4.78 is 5.66. The van der Waals surface area contributed by atoms with Gasteiger partial charge in [-0.1, -0.05) is 24.6 Å². The van der Waals surface area contributed by atoms with Crippen LogP contribution in [0.3, 0.4) is 0 Å². The second kappa shape index (κ2) is 11.9. The predicted octanol–water partition coefficient (Wildman–Crippen LogP) is 5.63. The highest BCUT2D eigenvalue weighted by molar-refractivity contribution is 6.32. The van der Waals surface area contributed by atoms with Gasteiger partial charge in [0.1, 0.15) is 22.5 Å². The zero-order valence-corrected chi connectivity index (χ0v) is 23.5. The lowest BCUT2D eigenvalue weighted by Gasteiger charge is -2.35. The molecule has 0 fully saturated rings. The number of amides is 1. The number of nitrogens with zero attached hydrogens (tertiary/aromatic N) is 5. The minimum atomic E-state index is -0.287. The molecule has 0 N–H and O–H groups in total. The van der Waals surface area contributed by atoms with Gasteiger partial charge < -0.3 is 14.5 Å². The third kappa shape index (κ3) is 5.67. The maximum atomic E-state index is 14.0. The van der Waals surface area contributed by atoms with Crippen molar-refractivity contribution in [2.24, 2.45) is 0 Å². The molecule has 38 heavy (non-hydrogen) atoms. The Labute approximate surface area is 230 Å². The fourth-order valence-corrected chi connectivity index (χ4v) is 5.06. The Hall–Kier alpha value is -3.47. The molecule has 1 aliphatic heterocycles. The minimum Gasteiger partial charge on any atom is -0.492 e. The number of hydrogen-bond acceptors (Lipinski definition) is 6. The fourth-order valence-electron chi connectivity index (χ4n) is 4.85. The molecule has 1 aliphatic rings. The van der Waals surface area contributed by atoms with E-state index in [0.717, 1.165) is 47.3 Å². The first-order valence-electron chi connectivity index (χ1n) is 13.1. The number of halogens is 1. The largest absolute Gasteiger partial charge is 0.492 e. The normalized spacial score (nSPS) is 13.8. The molecule has 1 unspecified atom stereocenters. The van der Waals surface area contributed by atoms with Crippen LogP contribution in [0.2, 0.25) is 5.15 Å². The highest BCUT2D eigenvalue weighted by atomic mass is 35.5.